The summed E-state index contributed by atoms with van der Waals surface area (Å²) in [5.74, 6) is -0.377. The van der Waals surface area contributed by atoms with Gasteiger partial charge in [0.15, 0.2) is 0 Å². The summed E-state index contributed by atoms with van der Waals surface area (Å²) < 4.78 is 51.9. The normalized spacial score (nSPS) is 16.6. The second-order valence-corrected chi connectivity index (χ2v) is 11.9. The summed E-state index contributed by atoms with van der Waals surface area (Å²) in [4.78, 5) is 14.6. The fourth-order valence-electron chi connectivity index (χ4n) is 4.57. The first kappa shape index (κ1) is 26.2. The van der Waals surface area contributed by atoms with Gasteiger partial charge in [0.25, 0.3) is 10.1 Å². The smallest absolute Gasteiger partial charge is 0.410 e. The summed E-state index contributed by atoms with van der Waals surface area (Å²) in [6.45, 7) is 8.19. The van der Waals surface area contributed by atoms with E-state index in [9.17, 15) is 17.6 Å². The Bertz CT molecular complexity index is 1340. The number of ether oxygens (including phenoxy) is 1. The molecule has 4 rings (SSSR count). The fourth-order valence-corrected chi connectivity index (χ4v) is 5.47. The van der Waals surface area contributed by atoms with Crippen molar-refractivity contribution in [3.8, 4) is 0 Å². The lowest BCUT2D eigenvalue weighted by atomic mass is 10.0. The van der Waals surface area contributed by atoms with E-state index in [1.54, 1.807) is 23.1 Å². The summed E-state index contributed by atoms with van der Waals surface area (Å²) in [5, 5.41) is 0.869. The first-order chi connectivity index (χ1) is 16.9. The van der Waals surface area contributed by atoms with E-state index < -0.39 is 15.7 Å². The molecule has 36 heavy (non-hydrogen) atoms. The van der Waals surface area contributed by atoms with Gasteiger partial charge in [0, 0.05) is 30.7 Å². The lowest BCUT2D eigenvalue weighted by Crippen LogP contribution is -2.40. The van der Waals surface area contributed by atoms with E-state index in [0.717, 1.165) is 29.4 Å². The Morgan fingerprint density at radius 3 is 2.56 bits per heavy atom. The maximum absolute atomic E-state index is 14.1. The maximum Gasteiger partial charge on any atom is 0.410 e. The number of carbonyl (C=O) groups is 1. The van der Waals surface area contributed by atoms with Crippen LogP contribution < -0.4 is 0 Å². The number of carbonyl (C=O) groups excluding carboxylic acids is 1. The molecule has 1 saturated heterocycles. The number of hydrogen-bond acceptors (Lipinski definition) is 5. The predicted molar refractivity (Wildman–Crippen MR) is 136 cm³/mol. The van der Waals surface area contributed by atoms with Crippen LogP contribution in [0.2, 0.25) is 0 Å². The van der Waals surface area contributed by atoms with E-state index in [4.69, 9.17) is 8.92 Å². The van der Waals surface area contributed by atoms with Crippen LogP contribution in [-0.2, 0) is 32.0 Å². The molecular formula is C27H33FN2O5S. The number of fused-ring (bicyclic) bond motifs is 1. The van der Waals surface area contributed by atoms with Crippen LogP contribution in [0.25, 0.3) is 10.9 Å². The first-order valence-electron chi connectivity index (χ1n) is 12.2. The van der Waals surface area contributed by atoms with E-state index in [-0.39, 0.29) is 36.0 Å². The van der Waals surface area contributed by atoms with Crippen molar-refractivity contribution in [1.29, 1.82) is 0 Å². The average Bonchev–Trinajstić information content (AvgIpc) is 3.38. The molecule has 1 aliphatic heterocycles. The number of amides is 1. The van der Waals surface area contributed by atoms with Crippen molar-refractivity contribution in [1.82, 2.24) is 9.47 Å². The monoisotopic (exact) mass is 516 g/mol. The minimum Gasteiger partial charge on any atom is -0.444 e. The standard InChI is InChI=1S/C27H33FN2O5S/c1-19-7-10-23(11-8-19)36(32,33)34-15-14-29-18-20(24-12-9-21(28)17-25(24)29)16-22-6-5-13-30(22)26(31)35-27(2,3)4/h7-12,17-18,22H,5-6,13-16H2,1-4H3/t22-/m0/s1. The quantitative estimate of drug-likeness (QED) is 0.391. The number of benzene rings is 2. The number of halogens is 1. The number of aromatic nitrogens is 1. The highest BCUT2D eigenvalue weighted by Crippen LogP contribution is 2.29. The Morgan fingerprint density at radius 1 is 1.14 bits per heavy atom. The topological polar surface area (TPSA) is 77.8 Å². The summed E-state index contributed by atoms with van der Waals surface area (Å²) >= 11 is 0. The molecule has 7 nitrogen and oxygen atoms in total. The molecule has 0 saturated carbocycles. The second kappa shape index (κ2) is 10.2. The van der Waals surface area contributed by atoms with Crippen LogP contribution in [0.1, 0.15) is 44.7 Å². The van der Waals surface area contributed by atoms with Gasteiger partial charge in [-0.3, -0.25) is 4.18 Å². The fraction of sp³-hybridized carbons (Fsp3) is 0.444. The van der Waals surface area contributed by atoms with Gasteiger partial charge in [-0.1, -0.05) is 17.7 Å². The van der Waals surface area contributed by atoms with Gasteiger partial charge in [0.05, 0.1) is 17.0 Å². The molecule has 1 fully saturated rings. The highest BCUT2D eigenvalue weighted by Gasteiger charge is 2.32. The van der Waals surface area contributed by atoms with Crippen LogP contribution in [0.5, 0.6) is 0 Å². The summed E-state index contributed by atoms with van der Waals surface area (Å²) in [5.41, 5.74) is 2.00. The molecule has 0 aliphatic carbocycles. The van der Waals surface area contributed by atoms with Crippen molar-refractivity contribution < 1.29 is 26.5 Å². The van der Waals surface area contributed by atoms with Crippen molar-refractivity contribution in [2.24, 2.45) is 0 Å². The molecule has 1 aromatic heterocycles. The zero-order valence-electron chi connectivity index (χ0n) is 21.2. The Morgan fingerprint density at radius 2 is 1.86 bits per heavy atom. The van der Waals surface area contributed by atoms with Crippen molar-refractivity contribution in [3.05, 3.63) is 65.6 Å². The van der Waals surface area contributed by atoms with Gasteiger partial charge in [-0.25, -0.2) is 9.18 Å². The third kappa shape index (κ3) is 6.07. The van der Waals surface area contributed by atoms with Gasteiger partial charge in [-0.15, -0.1) is 0 Å². The van der Waals surface area contributed by atoms with Gasteiger partial charge >= 0.3 is 6.09 Å². The van der Waals surface area contributed by atoms with E-state index >= 15 is 0 Å². The van der Waals surface area contributed by atoms with Gasteiger partial charge in [0.1, 0.15) is 11.4 Å². The summed E-state index contributed by atoms with van der Waals surface area (Å²) in [6.07, 6.45) is 3.91. The Hall–Kier alpha value is -2.91. The SMILES string of the molecule is Cc1ccc(S(=O)(=O)OCCn2cc(C[C@@H]3CCCN3C(=O)OC(C)(C)C)c3ccc(F)cc32)cc1. The lowest BCUT2D eigenvalue weighted by molar-refractivity contribution is 0.0227. The molecule has 1 amide bonds. The van der Waals surface area contributed by atoms with E-state index in [2.05, 4.69) is 0 Å². The zero-order chi connectivity index (χ0) is 26.1. The van der Waals surface area contributed by atoms with Crippen LogP contribution in [0.15, 0.2) is 53.6 Å². The predicted octanol–water partition coefficient (Wildman–Crippen LogP) is 5.44. The van der Waals surface area contributed by atoms with E-state index in [0.29, 0.717) is 18.5 Å². The molecule has 0 unspecified atom stereocenters. The second-order valence-electron chi connectivity index (χ2n) is 10.3. The van der Waals surface area contributed by atoms with Gasteiger partial charge in [0.2, 0.25) is 0 Å². The van der Waals surface area contributed by atoms with E-state index in [1.165, 1.54) is 24.3 Å². The molecule has 9 heteroatoms. The minimum atomic E-state index is -3.90. The Labute approximate surface area is 211 Å². The maximum atomic E-state index is 14.1. The molecule has 0 spiro atoms. The van der Waals surface area contributed by atoms with Crippen LogP contribution in [0.3, 0.4) is 0 Å². The third-order valence-electron chi connectivity index (χ3n) is 6.27. The summed E-state index contributed by atoms with van der Waals surface area (Å²) in [7, 11) is -3.90. The van der Waals surface area contributed by atoms with Crippen LogP contribution >= 0.6 is 0 Å². The molecule has 1 atom stereocenters. The number of rotatable bonds is 7. The van der Waals surface area contributed by atoms with Crippen molar-refractivity contribution in [2.45, 2.75) is 70.0 Å². The molecule has 194 valence electrons. The minimum absolute atomic E-state index is 0.0258. The first-order valence-corrected chi connectivity index (χ1v) is 13.6. The molecule has 1 aliphatic rings. The highest BCUT2D eigenvalue weighted by molar-refractivity contribution is 7.86. The largest absolute Gasteiger partial charge is 0.444 e. The van der Waals surface area contributed by atoms with Crippen LogP contribution in [0, 0.1) is 12.7 Å². The molecule has 0 bridgehead atoms. The molecule has 3 aromatic rings. The van der Waals surface area contributed by atoms with Crippen molar-refractivity contribution >= 4 is 27.1 Å². The van der Waals surface area contributed by atoms with Crippen LogP contribution in [0.4, 0.5) is 9.18 Å². The molecule has 0 radical (unpaired) electrons. The van der Waals surface area contributed by atoms with Crippen LogP contribution in [-0.4, -0.2) is 48.8 Å². The Balaban J connectivity index is 1.51. The number of likely N-dealkylation sites (tertiary alicyclic amines) is 1. The molecule has 0 N–H and O–H groups in total. The van der Waals surface area contributed by atoms with Gasteiger partial charge in [-0.05, 0) is 82.9 Å². The van der Waals surface area contributed by atoms with E-state index in [1.807, 2.05) is 38.5 Å². The average molecular weight is 517 g/mol. The van der Waals surface area contributed by atoms with Gasteiger partial charge in [-0.2, -0.15) is 8.42 Å². The van der Waals surface area contributed by atoms with Crippen molar-refractivity contribution in [3.63, 3.8) is 0 Å². The summed E-state index contributed by atoms with van der Waals surface area (Å²) in [6, 6.07) is 11.0. The zero-order valence-corrected chi connectivity index (χ0v) is 22.0. The number of hydrogen-bond donors (Lipinski definition) is 0. The Kier molecular flexibility index (Phi) is 7.43. The van der Waals surface area contributed by atoms with Crippen molar-refractivity contribution in [2.75, 3.05) is 13.2 Å². The third-order valence-corrected chi connectivity index (χ3v) is 7.59. The number of aryl methyl sites for hydroxylation is 1. The highest BCUT2D eigenvalue weighted by atomic mass is 32.2. The number of nitrogens with zero attached hydrogens (tertiary/aromatic N) is 2. The lowest BCUT2D eigenvalue weighted by Gasteiger charge is -2.28. The molecular weight excluding hydrogens is 483 g/mol. The molecule has 2 heterocycles. The van der Waals surface area contributed by atoms with Gasteiger partial charge < -0.3 is 14.2 Å². The molecule has 2 aromatic carbocycles.